The molecule has 7 heteroatoms. The minimum atomic E-state index is -0.0630. The van der Waals surface area contributed by atoms with E-state index in [1.54, 1.807) is 19.2 Å². The Morgan fingerprint density at radius 1 is 1.09 bits per heavy atom. The van der Waals surface area contributed by atoms with Crippen molar-refractivity contribution in [1.82, 2.24) is 15.1 Å². The van der Waals surface area contributed by atoms with Gasteiger partial charge in [-0.05, 0) is 60.2 Å². The van der Waals surface area contributed by atoms with E-state index in [1.165, 1.54) is 0 Å². The van der Waals surface area contributed by atoms with Gasteiger partial charge in [0.05, 0.1) is 35.8 Å². The van der Waals surface area contributed by atoms with Crippen molar-refractivity contribution < 1.29 is 9.53 Å². The van der Waals surface area contributed by atoms with Gasteiger partial charge in [0.25, 0.3) is 0 Å². The molecule has 1 aromatic heterocycles. The number of nitriles is 1. The summed E-state index contributed by atoms with van der Waals surface area (Å²) >= 11 is 6.01. The highest BCUT2D eigenvalue weighted by Gasteiger charge is 2.14. The van der Waals surface area contributed by atoms with E-state index in [4.69, 9.17) is 21.4 Å². The van der Waals surface area contributed by atoms with Gasteiger partial charge in [-0.15, -0.1) is 0 Å². The Bertz CT molecular complexity index is 1340. The summed E-state index contributed by atoms with van der Waals surface area (Å²) in [6.45, 7) is 0.423. The summed E-state index contributed by atoms with van der Waals surface area (Å²) in [7, 11) is 1.62. The summed E-state index contributed by atoms with van der Waals surface area (Å²) in [5.74, 6) is 0.688. The summed E-state index contributed by atoms with van der Waals surface area (Å²) in [6, 6.07) is 26.5. The maximum absolute atomic E-state index is 12.4. The van der Waals surface area contributed by atoms with Crippen LogP contribution in [-0.4, -0.2) is 22.8 Å². The lowest BCUT2D eigenvalue weighted by atomic mass is 10.1. The molecule has 0 aliphatic rings. The molecular formula is C27H23ClN4O2. The first kappa shape index (κ1) is 23.1. The first-order valence-corrected chi connectivity index (χ1v) is 11.2. The van der Waals surface area contributed by atoms with E-state index in [0.717, 1.165) is 34.0 Å². The molecule has 0 saturated heterocycles. The second-order valence-corrected chi connectivity index (χ2v) is 8.17. The van der Waals surface area contributed by atoms with Crippen LogP contribution in [0.5, 0.6) is 5.75 Å². The fourth-order valence-electron chi connectivity index (χ4n) is 3.60. The summed E-state index contributed by atoms with van der Waals surface area (Å²) in [6.07, 6.45) is 0.785. The van der Waals surface area contributed by atoms with Gasteiger partial charge in [0.15, 0.2) is 0 Å². The molecule has 0 aliphatic heterocycles. The number of hydrogen-bond donors (Lipinski definition) is 1. The van der Waals surface area contributed by atoms with Crippen LogP contribution in [0, 0.1) is 11.3 Å². The average Bonchev–Trinajstić information content (AvgIpc) is 3.31. The minimum Gasteiger partial charge on any atom is -0.497 e. The standard InChI is InChI=1S/C27H23ClN4O2/c1-34-25-11-9-24(10-12-25)32-26(21-6-2-4-19(14-21)17-29)16-23(31-32)8-13-27(33)30-18-20-5-3-7-22(28)15-20/h2-7,9-12,14-16H,8,13,18H2,1H3,(H,30,33). The summed E-state index contributed by atoms with van der Waals surface area (Å²) < 4.78 is 7.09. The van der Waals surface area contributed by atoms with Crippen LogP contribution in [-0.2, 0) is 17.8 Å². The van der Waals surface area contributed by atoms with Crippen molar-refractivity contribution in [3.8, 4) is 28.8 Å². The van der Waals surface area contributed by atoms with Gasteiger partial charge in [-0.25, -0.2) is 4.68 Å². The van der Waals surface area contributed by atoms with Crippen LogP contribution in [0.1, 0.15) is 23.2 Å². The smallest absolute Gasteiger partial charge is 0.220 e. The van der Waals surface area contributed by atoms with Crippen molar-refractivity contribution in [1.29, 1.82) is 5.26 Å². The molecule has 34 heavy (non-hydrogen) atoms. The number of hydrogen-bond acceptors (Lipinski definition) is 4. The zero-order valence-electron chi connectivity index (χ0n) is 18.7. The predicted molar refractivity (Wildman–Crippen MR) is 132 cm³/mol. The third-order valence-electron chi connectivity index (χ3n) is 5.35. The molecule has 4 rings (SSSR count). The van der Waals surface area contributed by atoms with Crippen molar-refractivity contribution in [3.63, 3.8) is 0 Å². The molecule has 0 radical (unpaired) electrons. The van der Waals surface area contributed by atoms with Gasteiger partial charge in [-0.1, -0.05) is 35.9 Å². The van der Waals surface area contributed by atoms with Crippen molar-refractivity contribution in [2.75, 3.05) is 7.11 Å². The fourth-order valence-corrected chi connectivity index (χ4v) is 3.82. The Kier molecular flexibility index (Phi) is 7.26. The maximum atomic E-state index is 12.4. The monoisotopic (exact) mass is 470 g/mol. The van der Waals surface area contributed by atoms with Crippen LogP contribution in [0.15, 0.2) is 78.9 Å². The molecule has 0 aliphatic carbocycles. The third kappa shape index (κ3) is 5.64. The minimum absolute atomic E-state index is 0.0630. The number of rotatable bonds is 8. The number of amides is 1. The van der Waals surface area contributed by atoms with Crippen molar-refractivity contribution in [3.05, 3.63) is 101 Å². The number of halogens is 1. The van der Waals surface area contributed by atoms with Crippen molar-refractivity contribution >= 4 is 17.5 Å². The summed E-state index contributed by atoms with van der Waals surface area (Å²) in [4.78, 5) is 12.4. The molecule has 0 unspecified atom stereocenters. The number of methoxy groups -OCH3 is 1. The highest BCUT2D eigenvalue weighted by molar-refractivity contribution is 6.30. The first-order valence-electron chi connectivity index (χ1n) is 10.8. The van der Waals surface area contributed by atoms with Gasteiger partial charge in [0.1, 0.15) is 5.75 Å². The summed E-state index contributed by atoms with van der Waals surface area (Å²) in [5, 5.41) is 17.6. The second kappa shape index (κ2) is 10.7. The molecule has 3 aromatic carbocycles. The molecule has 170 valence electrons. The lowest BCUT2D eigenvalue weighted by Gasteiger charge is -2.09. The highest BCUT2D eigenvalue weighted by atomic mass is 35.5. The van der Waals surface area contributed by atoms with E-state index in [1.807, 2.05) is 71.4 Å². The Morgan fingerprint density at radius 2 is 1.88 bits per heavy atom. The molecular weight excluding hydrogens is 448 g/mol. The Morgan fingerprint density at radius 3 is 2.62 bits per heavy atom. The normalized spacial score (nSPS) is 10.5. The number of ether oxygens (including phenoxy) is 1. The number of aryl methyl sites for hydroxylation is 1. The quantitative estimate of drug-likeness (QED) is 0.378. The molecule has 6 nitrogen and oxygen atoms in total. The lowest BCUT2D eigenvalue weighted by Crippen LogP contribution is -2.23. The van der Waals surface area contributed by atoms with Gasteiger partial charge in [-0.2, -0.15) is 10.4 Å². The molecule has 0 spiro atoms. The van der Waals surface area contributed by atoms with Crippen LogP contribution in [0.2, 0.25) is 5.02 Å². The largest absolute Gasteiger partial charge is 0.497 e. The van der Waals surface area contributed by atoms with Gasteiger partial charge in [-0.3, -0.25) is 4.79 Å². The zero-order chi connectivity index (χ0) is 23.9. The van der Waals surface area contributed by atoms with Crippen LogP contribution in [0.3, 0.4) is 0 Å². The van der Waals surface area contributed by atoms with E-state index in [0.29, 0.717) is 30.0 Å². The highest BCUT2D eigenvalue weighted by Crippen LogP contribution is 2.26. The Labute approximate surface area is 203 Å². The second-order valence-electron chi connectivity index (χ2n) is 7.73. The Balaban J connectivity index is 1.53. The lowest BCUT2D eigenvalue weighted by molar-refractivity contribution is -0.121. The van der Waals surface area contributed by atoms with Gasteiger partial charge >= 0.3 is 0 Å². The van der Waals surface area contributed by atoms with E-state index in [2.05, 4.69) is 11.4 Å². The molecule has 0 atom stereocenters. The van der Waals surface area contributed by atoms with E-state index < -0.39 is 0 Å². The van der Waals surface area contributed by atoms with Gasteiger partial charge in [0, 0.05) is 30.0 Å². The molecule has 1 heterocycles. The SMILES string of the molecule is COc1ccc(-n2nc(CCC(=O)NCc3cccc(Cl)c3)cc2-c2cccc(C#N)c2)cc1. The molecule has 1 N–H and O–H groups in total. The number of benzene rings is 3. The maximum Gasteiger partial charge on any atom is 0.220 e. The topological polar surface area (TPSA) is 79.9 Å². The molecule has 0 fully saturated rings. The molecule has 1 amide bonds. The van der Waals surface area contributed by atoms with E-state index in [9.17, 15) is 10.1 Å². The van der Waals surface area contributed by atoms with E-state index >= 15 is 0 Å². The van der Waals surface area contributed by atoms with Crippen LogP contribution >= 0.6 is 11.6 Å². The first-order chi connectivity index (χ1) is 16.6. The number of carbonyl (C=O) groups excluding carboxylic acids is 1. The Hall–Kier alpha value is -4.08. The number of nitrogens with one attached hydrogen (secondary N) is 1. The van der Waals surface area contributed by atoms with Crippen LogP contribution in [0.4, 0.5) is 0 Å². The third-order valence-corrected chi connectivity index (χ3v) is 5.59. The van der Waals surface area contributed by atoms with Crippen LogP contribution < -0.4 is 10.1 Å². The number of aromatic nitrogens is 2. The summed E-state index contributed by atoms with van der Waals surface area (Å²) in [5.41, 5.74) is 4.88. The molecule has 0 saturated carbocycles. The predicted octanol–water partition coefficient (Wildman–Crippen LogP) is 5.32. The van der Waals surface area contributed by atoms with Crippen molar-refractivity contribution in [2.24, 2.45) is 0 Å². The van der Waals surface area contributed by atoms with Gasteiger partial charge in [0.2, 0.25) is 5.91 Å². The van der Waals surface area contributed by atoms with Crippen LogP contribution in [0.25, 0.3) is 16.9 Å². The van der Waals surface area contributed by atoms with Crippen molar-refractivity contribution in [2.45, 2.75) is 19.4 Å². The number of nitrogens with zero attached hydrogens (tertiary/aromatic N) is 3. The molecule has 4 aromatic rings. The average molecular weight is 471 g/mol. The molecule has 0 bridgehead atoms. The van der Waals surface area contributed by atoms with E-state index in [-0.39, 0.29) is 5.91 Å². The fraction of sp³-hybridized carbons (Fsp3) is 0.148. The number of carbonyl (C=O) groups is 1. The van der Waals surface area contributed by atoms with Gasteiger partial charge < -0.3 is 10.1 Å². The zero-order valence-corrected chi connectivity index (χ0v) is 19.4.